The lowest BCUT2D eigenvalue weighted by Gasteiger charge is -2.19. The highest BCUT2D eigenvalue weighted by Crippen LogP contribution is 2.23. The van der Waals surface area contributed by atoms with Gasteiger partial charge >= 0.3 is 11.9 Å². The van der Waals surface area contributed by atoms with Gasteiger partial charge in [0.25, 0.3) is 5.91 Å². The summed E-state index contributed by atoms with van der Waals surface area (Å²) in [4.78, 5) is 53.8. The van der Waals surface area contributed by atoms with Gasteiger partial charge < -0.3 is 44.2 Å². The lowest BCUT2D eigenvalue weighted by Crippen LogP contribution is -2.31. The first-order chi connectivity index (χ1) is 24.2. The molecule has 0 saturated carbocycles. The van der Waals surface area contributed by atoms with Gasteiger partial charge in [-0.1, -0.05) is 0 Å². The molecule has 0 radical (unpaired) electrons. The van der Waals surface area contributed by atoms with Crippen molar-refractivity contribution in [3.05, 3.63) is 47.8 Å². The summed E-state index contributed by atoms with van der Waals surface area (Å²) in [6.07, 6.45) is 2.71. The average Bonchev–Trinajstić information content (AvgIpc) is 3.05. The minimum atomic E-state index is -4.04. The molecule has 2 aromatic rings. The van der Waals surface area contributed by atoms with E-state index in [1.165, 1.54) is 24.5 Å². The van der Waals surface area contributed by atoms with E-state index >= 15 is 0 Å². The number of benzene rings is 1. The minimum Gasteiger partial charge on any atom is -0.491 e. The number of carboxylic acids is 1. The van der Waals surface area contributed by atoms with E-state index < -0.39 is 51.5 Å². The second-order valence-electron chi connectivity index (χ2n) is 11.6. The van der Waals surface area contributed by atoms with Crippen LogP contribution in [0.5, 0.6) is 5.75 Å². The normalized spacial score (nSPS) is 11.5. The molecular formula is C32H45FN4O13S. The summed E-state index contributed by atoms with van der Waals surface area (Å²) in [5, 5.41) is 13.6. The van der Waals surface area contributed by atoms with E-state index in [1.54, 1.807) is 20.8 Å². The smallest absolute Gasteiger partial charge is 0.329 e. The van der Waals surface area contributed by atoms with Crippen LogP contribution in [0.4, 0.5) is 4.39 Å². The highest BCUT2D eigenvalue weighted by Gasteiger charge is 2.20. The maximum Gasteiger partial charge on any atom is 0.329 e. The molecule has 2 amide bonds. The van der Waals surface area contributed by atoms with Crippen molar-refractivity contribution in [3.63, 3.8) is 0 Å². The highest BCUT2D eigenvalue weighted by atomic mass is 32.2. The number of halogens is 1. The molecule has 19 heteroatoms. The number of aromatic nitrogens is 2. The van der Waals surface area contributed by atoms with Gasteiger partial charge in [0.1, 0.15) is 30.4 Å². The van der Waals surface area contributed by atoms with Crippen molar-refractivity contribution in [2.75, 3.05) is 72.6 Å². The average molecular weight is 745 g/mol. The van der Waals surface area contributed by atoms with Crippen molar-refractivity contribution in [1.82, 2.24) is 20.6 Å². The number of carboxylic acid groups (broad SMARTS) is 1. The maximum atomic E-state index is 14.6. The van der Waals surface area contributed by atoms with E-state index in [2.05, 4.69) is 20.6 Å². The molecule has 0 spiro atoms. The molecule has 0 aliphatic rings. The van der Waals surface area contributed by atoms with Crippen LogP contribution in [0.3, 0.4) is 0 Å². The zero-order valence-electron chi connectivity index (χ0n) is 28.8. The van der Waals surface area contributed by atoms with Gasteiger partial charge in [0, 0.05) is 31.9 Å². The number of rotatable bonds is 25. The number of carbonyl (C=O) groups is 4. The first-order valence-electron chi connectivity index (χ1n) is 15.9. The molecule has 17 nitrogen and oxygen atoms in total. The third kappa shape index (κ3) is 19.0. The standard InChI is InChI=1S/C32H45FN4O13S/c1-32(2,3)50-30(41)5-4-10-49-26-7-6-24(17-25(26)33)51(43,44)22-27-36-18-23(19-37-27)31(42)35-9-12-46-13-15-47-20-28(38)34-8-11-45-14-16-48-21-29(39)40/h6-7,17-19H,4-5,8-16,20-22H2,1-3H3,(H,34,38)(H,35,42)(H,39,40). The van der Waals surface area contributed by atoms with Crippen LogP contribution in [0.15, 0.2) is 35.5 Å². The number of hydrogen-bond donors (Lipinski definition) is 3. The fraction of sp³-hybridized carbons (Fsp3) is 0.562. The topological polar surface area (TPSA) is 228 Å². The molecular weight excluding hydrogens is 699 g/mol. The monoisotopic (exact) mass is 744 g/mol. The van der Waals surface area contributed by atoms with Gasteiger partial charge in [-0.25, -0.2) is 27.6 Å². The van der Waals surface area contributed by atoms with Crippen LogP contribution in [0, 0.1) is 5.82 Å². The Kier molecular flexibility index (Phi) is 18.9. The SMILES string of the molecule is CC(C)(C)OC(=O)CCCOc1ccc(S(=O)(=O)Cc2ncc(C(=O)NCCOCCOCC(=O)NCCOCCOCC(=O)O)cn2)cc1F. The van der Waals surface area contributed by atoms with Gasteiger partial charge in [-0.05, 0) is 45.4 Å². The molecule has 0 aliphatic heterocycles. The van der Waals surface area contributed by atoms with Crippen molar-refractivity contribution in [1.29, 1.82) is 0 Å². The van der Waals surface area contributed by atoms with Gasteiger partial charge in [-0.2, -0.15) is 0 Å². The summed E-state index contributed by atoms with van der Waals surface area (Å²) in [6.45, 7) is 6.10. The number of ether oxygens (including phenoxy) is 6. The predicted molar refractivity (Wildman–Crippen MR) is 176 cm³/mol. The maximum absolute atomic E-state index is 14.6. The molecule has 0 bridgehead atoms. The summed E-state index contributed by atoms with van der Waals surface area (Å²) in [7, 11) is -4.04. The van der Waals surface area contributed by atoms with E-state index in [1.807, 2.05) is 0 Å². The second kappa shape index (κ2) is 22.5. The Morgan fingerprint density at radius 3 is 2.06 bits per heavy atom. The van der Waals surface area contributed by atoms with E-state index in [0.717, 1.165) is 6.07 Å². The zero-order chi connectivity index (χ0) is 37.7. The lowest BCUT2D eigenvalue weighted by atomic mass is 10.2. The van der Waals surface area contributed by atoms with Crippen LogP contribution in [-0.2, 0) is 53.7 Å². The van der Waals surface area contributed by atoms with E-state index in [0.29, 0.717) is 0 Å². The quantitative estimate of drug-likeness (QED) is 0.0955. The Morgan fingerprint density at radius 1 is 0.843 bits per heavy atom. The summed E-state index contributed by atoms with van der Waals surface area (Å²) < 4.78 is 71.4. The summed E-state index contributed by atoms with van der Waals surface area (Å²) in [5.41, 5.74) is -0.528. The highest BCUT2D eigenvalue weighted by molar-refractivity contribution is 7.90. The molecule has 1 aromatic heterocycles. The Morgan fingerprint density at radius 2 is 1.45 bits per heavy atom. The van der Waals surface area contributed by atoms with Gasteiger partial charge in [-0.3, -0.25) is 14.4 Å². The van der Waals surface area contributed by atoms with Gasteiger partial charge in [0.2, 0.25) is 5.91 Å². The van der Waals surface area contributed by atoms with Crippen molar-refractivity contribution in [3.8, 4) is 5.75 Å². The Bertz CT molecular complexity index is 1520. The number of hydrogen-bond acceptors (Lipinski definition) is 14. The summed E-state index contributed by atoms with van der Waals surface area (Å²) >= 11 is 0. The molecule has 0 saturated heterocycles. The Hall–Kier alpha value is -4.30. The number of nitrogens with one attached hydrogen (secondary N) is 2. The number of aliphatic carboxylic acids is 1. The fourth-order valence-corrected chi connectivity index (χ4v) is 5.01. The van der Waals surface area contributed by atoms with Crippen LogP contribution in [-0.4, -0.2) is 125 Å². The van der Waals surface area contributed by atoms with Crippen molar-refractivity contribution >= 4 is 33.6 Å². The van der Waals surface area contributed by atoms with Crippen LogP contribution in [0.25, 0.3) is 0 Å². The van der Waals surface area contributed by atoms with Gasteiger partial charge in [-0.15, -0.1) is 0 Å². The van der Waals surface area contributed by atoms with E-state index in [4.69, 9.17) is 33.5 Å². The fourth-order valence-electron chi connectivity index (χ4n) is 3.80. The number of sulfone groups is 1. The molecule has 0 atom stereocenters. The molecule has 0 unspecified atom stereocenters. The number of amides is 2. The molecule has 284 valence electrons. The molecule has 1 heterocycles. The number of carbonyl (C=O) groups excluding carboxylic acids is 3. The van der Waals surface area contributed by atoms with Crippen molar-refractivity contribution in [2.45, 2.75) is 49.9 Å². The van der Waals surface area contributed by atoms with Crippen LogP contribution >= 0.6 is 0 Å². The first kappa shape index (κ1) is 42.9. The molecule has 3 N–H and O–H groups in total. The van der Waals surface area contributed by atoms with E-state index in [9.17, 15) is 32.0 Å². The number of esters is 1. The molecule has 51 heavy (non-hydrogen) atoms. The van der Waals surface area contributed by atoms with Crippen LogP contribution in [0.2, 0.25) is 0 Å². The van der Waals surface area contributed by atoms with Gasteiger partial charge in [0.15, 0.2) is 21.4 Å². The minimum absolute atomic E-state index is 0.0257. The molecule has 2 rings (SSSR count). The summed E-state index contributed by atoms with van der Waals surface area (Å²) in [6, 6.07) is 3.22. The first-order valence-corrected chi connectivity index (χ1v) is 17.6. The predicted octanol–water partition coefficient (Wildman–Crippen LogP) is 1.09. The zero-order valence-corrected chi connectivity index (χ0v) is 29.6. The summed E-state index contributed by atoms with van der Waals surface area (Å²) in [5.74, 6) is -4.12. The molecule has 0 aliphatic carbocycles. The number of nitrogens with zero attached hydrogens (tertiary/aromatic N) is 2. The molecule has 0 fully saturated rings. The van der Waals surface area contributed by atoms with Crippen molar-refractivity contribution < 1.29 is 65.5 Å². The van der Waals surface area contributed by atoms with Gasteiger partial charge in [0.05, 0.1) is 56.7 Å². The third-order valence-electron chi connectivity index (χ3n) is 6.06. The van der Waals surface area contributed by atoms with E-state index in [-0.39, 0.29) is 107 Å². The van der Waals surface area contributed by atoms with Crippen molar-refractivity contribution in [2.24, 2.45) is 0 Å². The van der Waals surface area contributed by atoms with Crippen LogP contribution in [0.1, 0.15) is 49.8 Å². The lowest BCUT2D eigenvalue weighted by molar-refractivity contribution is -0.155. The second-order valence-corrected chi connectivity index (χ2v) is 13.6. The largest absolute Gasteiger partial charge is 0.491 e. The third-order valence-corrected chi connectivity index (χ3v) is 7.67. The molecule has 1 aromatic carbocycles. The Balaban J connectivity index is 1.61. The Labute approximate surface area is 295 Å². The van der Waals surface area contributed by atoms with Crippen LogP contribution < -0.4 is 15.4 Å².